The van der Waals surface area contributed by atoms with Gasteiger partial charge >= 0.3 is 0 Å². The molecular formula is C7H12N2. The first-order valence-corrected chi connectivity index (χ1v) is 3.63. The van der Waals surface area contributed by atoms with Crippen LogP contribution in [-0.2, 0) is 0 Å². The maximum atomic E-state index is 3.41. The lowest BCUT2D eigenvalue weighted by atomic mass is 9.98. The van der Waals surface area contributed by atoms with E-state index in [0.29, 0.717) is 6.17 Å². The van der Waals surface area contributed by atoms with Gasteiger partial charge in [-0.05, 0) is 25.6 Å². The van der Waals surface area contributed by atoms with Gasteiger partial charge in [0.1, 0.15) is 0 Å². The average Bonchev–Trinajstić information content (AvgIpc) is 2.33. The zero-order valence-corrected chi connectivity index (χ0v) is 5.43. The molecule has 1 saturated heterocycles. The molecule has 2 heteroatoms. The summed E-state index contributed by atoms with van der Waals surface area (Å²) in [6, 6.07) is 0. The van der Waals surface area contributed by atoms with Gasteiger partial charge in [0.25, 0.3) is 0 Å². The molecule has 9 heavy (non-hydrogen) atoms. The van der Waals surface area contributed by atoms with Crippen LogP contribution in [0.15, 0.2) is 12.3 Å². The summed E-state index contributed by atoms with van der Waals surface area (Å²) < 4.78 is 0. The van der Waals surface area contributed by atoms with Crippen LogP contribution in [0.4, 0.5) is 0 Å². The summed E-state index contributed by atoms with van der Waals surface area (Å²) >= 11 is 0. The molecule has 2 atom stereocenters. The fourth-order valence-electron chi connectivity index (χ4n) is 1.59. The van der Waals surface area contributed by atoms with Crippen molar-refractivity contribution in [2.24, 2.45) is 5.92 Å². The Morgan fingerprint density at radius 3 is 3.33 bits per heavy atom. The van der Waals surface area contributed by atoms with E-state index in [1.807, 2.05) is 0 Å². The summed E-state index contributed by atoms with van der Waals surface area (Å²) in [5, 5.41) is 6.67. The molecule has 2 N–H and O–H groups in total. The fraction of sp³-hybridized carbons (Fsp3) is 0.714. The minimum atomic E-state index is 0.554. The van der Waals surface area contributed by atoms with Crippen molar-refractivity contribution in [1.82, 2.24) is 10.6 Å². The first-order chi connectivity index (χ1) is 4.47. The van der Waals surface area contributed by atoms with Gasteiger partial charge < -0.3 is 5.32 Å². The molecule has 0 bridgehead atoms. The van der Waals surface area contributed by atoms with Crippen LogP contribution in [0, 0.1) is 5.92 Å². The van der Waals surface area contributed by atoms with E-state index < -0.39 is 0 Å². The second-order valence-electron chi connectivity index (χ2n) is 2.76. The fourth-order valence-corrected chi connectivity index (χ4v) is 1.59. The first-order valence-electron chi connectivity index (χ1n) is 3.63. The minimum Gasteiger partial charge on any atom is -0.375 e. The van der Waals surface area contributed by atoms with Gasteiger partial charge in [0.15, 0.2) is 0 Å². The topological polar surface area (TPSA) is 24.1 Å². The molecule has 0 spiro atoms. The smallest absolute Gasteiger partial charge is 0.0827 e. The highest BCUT2D eigenvalue weighted by atomic mass is 15.1. The Balaban J connectivity index is 2.03. The molecule has 2 heterocycles. The van der Waals surface area contributed by atoms with Crippen molar-refractivity contribution in [3.63, 3.8) is 0 Å². The van der Waals surface area contributed by atoms with Gasteiger partial charge in [-0.2, -0.15) is 0 Å². The molecule has 0 aliphatic carbocycles. The van der Waals surface area contributed by atoms with Crippen LogP contribution in [0.1, 0.15) is 12.8 Å². The van der Waals surface area contributed by atoms with Crippen LogP contribution < -0.4 is 10.6 Å². The molecule has 0 amide bonds. The zero-order chi connectivity index (χ0) is 6.10. The van der Waals surface area contributed by atoms with Crippen LogP contribution in [-0.4, -0.2) is 12.7 Å². The van der Waals surface area contributed by atoms with Crippen molar-refractivity contribution in [2.45, 2.75) is 19.0 Å². The summed E-state index contributed by atoms with van der Waals surface area (Å²) in [5.74, 6) is 0.763. The minimum absolute atomic E-state index is 0.554. The number of fused-ring (bicyclic) bond motifs is 1. The SMILES string of the molecule is C1=CC2CCCNC2N1. The maximum Gasteiger partial charge on any atom is 0.0827 e. The summed E-state index contributed by atoms with van der Waals surface area (Å²) in [7, 11) is 0. The summed E-state index contributed by atoms with van der Waals surface area (Å²) in [4.78, 5) is 0. The second-order valence-corrected chi connectivity index (χ2v) is 2.76. The third-order valence-corrected chi connectivity index (χ3v) is 2.13. The van der Waals surface area contributed by atoms with Gasteiger partial charge in [0, 0.05) is 5.92 Å². The van der Waals surface area contributed by atoms with E-state index in [0.717, 1.165) is 5.92 Å². The molecule has 2 aliphatic rings. The molecule has 2 nitrogen and oxygen atoms in total. The van der Waals surface area contributed by atoms with Crippen molar-refractivity contribution in [2.75, 3.05) is 6.54 Å². The average molecular weight is 124 g/mol. The van der Waals surface area contributed by atoms with E-state index in [1.165, 1.54) is 19.4 Å². The highest BCUT2D eigenvalue weighted by Gasteiger charge is 2.24. The molecule has 2 unspecified atom stereocenters. The summed E-state index contributed by atoms with van der Waals surface area (Å²) in [5.41, 5.74) is 0. The van der Waals surface area contributed by atoms with E-state index in [1.54, 1.807) is 0 Å². The highest BCUT2D eigenvalue weighted by Crippen LogP contribution is 2.19. The normalized spacial score (nSPS) is 40.0. The van der Waals surface area contributed by atoms with E-state index in [-0.39, 0.29) is 0 Å². The number of nitrogens with one attached hydrogen (secondary N) is 2. The standard InChI is InChI=1S/C7H12N2/c1-2-6-3-5-9-7(6)8-4-1/h3,5-9H,1-2,4H2. The Kier molecular flexibility index (Phi) is 1.19. The van der Waals surface area contributed by atoms with Crippen molar-refractivity contribution in [3.8, 4) is 0 Å². The number of piperidine rings is 1. The molecule has 0 saturated carbocycles. The quantitative estimate of drug-likeness (QED) is 0.489. The van der Waals surface area contributed by atoms with Gasteiger partial charge in [-0.1, -0.05) is 6.08 Å². The van der Waals surface area contributed by atoms with Crippen LogP contribution in [0.25, 0.3) is 0 Å². The molecular weight excluding hydrogens is 112 g/mol. The van der Waals surface area contributed by atoms with Crippen LogP contribution >= 0.6 is 0 Å². The van der Waals surface area contributed by atoms with Crippen molar-refractivity contribution >= 4 is 0 Å². The molecule has 0 aromatic rings. The highest BCUT2D eigenvalue weighted by molar-refractivity contribution is 5.02. The summed E-state index contributed by atoms with van der Waals surface area (Å²) in [6.45, 7) is 1.18. The summed E-state index contributed by atoms with van der Waals surface area (Å²) in [6.07, 6.45) is 7.55. The Labute approximate surface area is 55.3 Å². The van der Waals surface area contributed by atoms with Crippen molar-refractivity contribution in [1.29, 1.82) is 0 Å². The molecule has 0 radical (unpaired) electrons. The van der Waals surface area contributed by atoms with Crippen LogP contribution in [0.3, 0.4) is 0 Å². The Bertz CT molecular complexity index is 131. The molecule has 50 valence electrons. The monoisotopic (exact) mass is 124 g/mol. The van der Waals surface area contributed by atoms with Crippen molar-refractivity contribution < 1.29 is 0 Å². The number of rotatable bonds is 0. The molecule has 0 aromatic carbocycles. The van der Waals surface area contributed by atoms with Gasteiger partial charge in [0.2, 0.25) is 0 Å². The van der Waals surface area contributed by atoms with E-state index >= 15 is 0 Å². The van der Waals surface area contributed by atoms with Crippen LogP contribution in [0.5, 0.6) is 0 Å². The predicted molar refractivity (Wildman–Crippen MR) is 36.8 cm³/mol. The molecule has 0 aromatic heterocycles. The number of hydrogen-bond donors (Lipinski definition) is 2. The Morgan fingerprint density at radius 1 is 1.44 bits per heavy atom. The number of hydrogen-bond acceptors (Lipinski definition) is 2. The third-order valence-electron chi connectivity index (χ3n) is 2.13. The predicted octanol–water partition coefficient (Wildman–Crippen LogP) is 0.429. The van der Waals surface area contributed by atoms with Gasteiger partial charge in [-0.3, -0.25) is 5.32 Å². The largest absolute Gasteiger partial charge is 0.375 e. The molecule has 2 aliphatic heterocycles. The Morgan fingerprint density at radius 2 is 2.44 bits per heavy atom. The van der Waals surface area contributed by atoms with E-state index in [4.69, 9.17) is 0 Å². The molecule has 1 fully saturated rings. The zero-order valence-electron chi connectivity index (χ0n) is 5.43. The lowest BCUT2D eigenvalue weighted by Gasteiger charge is -2.26. The molecule has 2 rings (SSSR count). The third kappa shape index (κ3) is 0.833. The lowest BCUT2D eigenvalue weighted by molar-refractivity contribution is 0.324. The van der Waals surface area contributed by atoms with Crippen molar-refractivity contribution in [3.05, 3.63) is 12.3 Å². The lowest BCUT2D eigenvalue weighted by Crippen LogP contribution is -2.45. The first kappa shape index (κ1) is 5.30. The Hall–Kier alpha value is -0.500. The van der Waals surface area contributed by atoms with Crippen LogP contribution in [0.2, 0.25) is 0 Å². The van der Waals surface area contributed by atoms with Gasteiger partial charge in [0.05, 0.1) is 6.17 Å². The second kappa shape index (κ2) is 2.03. The van der Waals surface area contributed by atoms with E-state index in [9.17, 15) is 0 Å². The van der Waals surface area contributed by atoms with Gasteiger partial charge in [-0.25, -0.2) is 0 Å². The maximum absolute atomic E-state index is 3.41. The van der Waals surface area contributed by atoms with Gasteiger partial charge in [-0.15, -0.1) is 0 Å². The van der Waals surface area contributed by atoms with E-state index in [2.05, 4.69) is 22.9 Å².